The Bertz CT molecular complexity index is 1030. The molecule has 0 N–H and O–H groups in total. The number of nitrogens with zero attached hydrogens (tertiary/aromatic N) is 4. The molecule has 2 aromatic rings. The molecule has 0 atom stereocenters. The first-order valence-corrected chi connectivity index (χ1v) is 13.1. The van der Waals surface area contributed by atoms with Crippen LogP contribution in [-0.2, 0) is 37.5 Å². The smallest absolute Gasteiger partial charge is 0.303 e. The van der Waals surface area contributed by atoms with Crippen LogP contribution < -0.4 is 0 Å². The van der Waals surface area contributed by atoms with Crippen molar-refractivity contribution in [3.63, 3.8) is 0 Å². The number of aromatic nitrogens is 3. The number of halogens is 4. The van der Waals surface area contributed by atoms with Gasteiger partial charge < -0.3 is 4.90 Å². The van der Waals surface area contributed by atoms with E-state index in [2.05, 4.69) is 15.0 Å². The topological polar surface area (TPSA) is 51.0 Å². The fraction of sp³-hybridized carbons (Fsp3) is 0.667. The van der Waals surface area contributed by atoms with Crippen LogP contribution >= 0.6 is 0 Å². The average molecular weight is 509 g/mol. The van der Waals surface area contributed by atoms with Gasteiger partial charge in [0.15, 0.2) is 0 Å². The molecule has 9 heteroatoms. The summed E-state index contributed by atoms with van der Waals surface area (Å²) in [5, 5.41) is 3.87. The minimum absolute atomic E-state index is 0.0604. The summed E-state index contributed by atoms with van der Waals surface area (Å²) >= 11 is 0. The molecule has 0 bridgehead atoms. The Morgan fingerprint density at radius 1 is 1.08 bits per heavy atom. The van der Waals surface area contributed by atoms with Gasteiger partial charge in [-0.15, -0.1) is 0 Å². The van der Waals surface area contributed by atoms with E-state index < -0.39 is 18.5 Å². The van der Waals surface area contributed by atoms with E-state index in [0.717, 1.165) is 80.5 Å². The molecule has 1 fully saturated rings. The average Bonchev–Trinajstić information content (AvgIpc) is 3.03. The van der Waals surface area contributed by atoms with E-state index in [0.29, 0.717) is 29.5 Å². The van der Waals surface area contributed by atoms with Crippen LogP contribution in [0.1, 0.15) is 67.5 Å². The van der Waals surface area contributed by atoms with Gasteiger partial charge in [-0.2, -0.15) is 22.7 Å². The molecule has 0 saturated heterocycles. The fourth-order valence-corrected chi connectivity index (χ4v) is 5.59. The van der Waals surface area contributed by atoms with Crippen LogP contribution in [0.4, 0.5) is 17.6 Å². The maximum Gasteiger partial charge on any atom is 0.389 e. The zero-order valence-corrected chi connectivity index (χ0v) is 21.0. The maximum absolute atomic E-state index is 13.9. The molecular weight excluding hydrogens is 472 g/mol. The first-order valence-electron chi connectivity index (χ1n) is 13.1. The molecule has 0 aromatic carbocycles. The standard InChI is InChI=1S/C27H36F4N4O/c1-34-26(28)22(18-32-34)17-24(36)16-20-4-2-19(3-5-20)9-13-35-14-10-21-6-7-23(8-12-27(29,30)31)33-25(21)11-15-35/h6-7,18-20H,2-5,8-17H2,1H3. The number of hydrogen-bond acceptors (Lipinski definition) is 4. The largest absolute Gasteiger partial charge is 0.389 e. The number of alkyl halides is 3. The van der Waals surface area contributed by atoms with Gasteiger partial charge in [0.2, 0.25) is 5.95 Å². The summed E-state index contributed by atoms with van der Waals surface area (Å²) < 4.78 is 52.7. The van der Waals surface area contributed by atoms with Crippen molar-refractivity contribution in [1.82, 2.24) is 19.7 Å². The van der Waals surface area contributed by atoms with Crippen molar-refractivity contribution in [1.29, 1.82) is 0 Å². The van der Waals surface area contributed by atoms with Gasteiger partial charge in [-0.1, -0.05) is 18.9 Å². The van der Waals surface area contributed by atoms with Crippen LogP contribution in [0.15, 0.2) is 18.3 Å². The van der Waals surface area contributed by atoms with E-state index in [-0.39, 0.29) is 18.6 Å². The number of carbonyl (C=O) groups is 1. The lowest BCUT2D eigenvalue weighted by Gasteiger charge is -2.30. The lowest BCUT2D eigenvalue weighted by atomic mass is 9.78. The van der Waals surface area contributed by atoms with Gasteiger partial charge in [0.05, 0.1) is 6.20 Å². The van der Waals surface area contributed by atoms with Crippen molar-refractivity contribution >= 4 is 5.78 Å². The summed E-state index contributed by atoms with van der Waals surface area (Å²) in [6.07, 6.45) is 4.16. The molecule has 1 aliphatic carbocycles. The highest BCUT2D eigenvalue weighted by atomic mass is 19.4. The van der Waals surface area contributed by atoms with Gasteiger partial charge in [0.1, 0.15) is 5.78 Å². The van der Waals surface area contributed by atoms with Gasteiger partial charge in [-0.05, 0) is 62.1 Å². The Kier molecular flexibility index (Phi) is 8.80. The molecule has 1 aliphatic heterocycles. The Morgan fingerprint density at radius 2 is 1.81 bits per heavy atom. The van der Waals surface area contributed by atoms with Crippen LogP contribution in [0.25, 0.3) is 0 Å². The highest BCUT2D eigenvalue weighted by Crippen LogP contribution is 2.33. The number of fused-ring (bicyclic) bond motifs is 1. The number of pyridine rings is 1. The molecule has 4 rings (SSSR count). The van der Waals surface area contributed by atoms with Gasteiger partial charge in [0.25, 0.3) is 0 Å². The van der Waals surface area contributed by atoms with E-state index in [1.54, 1.807) is 6.07 Å². The van der Waals surface area contributed by atoms with Crippen molar-refractivity contribution in [3.8, 4) is 0 Å². The second kappa shape index (κ2) is 11.8. The Morgan fingerprint density at radius 3 is 2.50 bits per heavy atom. The minimum Gasteiger partial charge on any atom is -0.303 e. The summed E-state index contributed by atoms with van der Waals surface area (Å²) in [6, 6.07) is 3.71. The molecular formula is C27H36F4N4O. The summed E-state index contributed by atoms with van der Waals surface area (Å²) in [7, 11) is 1.53. The van der Waals surface area contributed by atoms with Crippen LogP contribution in [0.3, 0.4) is 0 Å². The van der Waals surface area contributed by atoms with E-state index in [1.807, 2.05) is 6.07 Å². The summed E-state index contributed by atoms with van der Waals surface area (Å²) in [6.45, 7) is 2.85. The molecule has 36 heavy (non-hydrogen) atoms. The zero-order chi connectivity index (χ0) is 25.7. The molecule has 5 nitrogen and oxygen atoms in total. The van der Waals surface area contributed by atoms with Crippen LogP contribution in [0, 0.1) is 17.8 Å². The molecule has 2 aliphatic rings. The molecule has 198 valence electrons. The van der Waals surface area contributed by atoms with Crippen molar-refractivity contribution < 1.29 is 22.4 Å². The van der Waals surface area contributed by atoms with Gasteiger partial charge in [-0.3, -0.25) is 9.78 Å². The molecule has 1 saturated carbocycles. The number of aryl methyl sites for hydroxylation is 2. The van der Waals surface area contributed by atoms with E-state index in [1.165, 1.54) is 13.2 Å². The molecule has 0 spiro atoms. The normalized spacial score (nSPS) is 21.2. The van der Waals surface area contributed by atoms with Crippen LogP contribution in [-0.4, -0.2) is 51.3 Å². The Balaban J connectivity index is 1.16. The second-order valence-electron chi connectivity index (χ2n) is 10.5. The quantitative estimate of drug-likeness (QED) is 0.435. The van der Waals surface area contributed by atoms with Crippen molar-refractivity contribution in [3.05, 3.63) is 46.8 Å². The Labute approximate surface area is 210 Å². The Hall–Kier alpha value is -2.29. The minimum atomic E-state index is -4.15. The summed E-state index contributed by atoms with van der Waals surface area (Å²) in [5.74, 6) is 0.703. The summed E-state index contributed by atoms with van der Waals surface area (Å²) in [4.78, 5) is 19.4. The van der Waals surface area contributed by atoms with E-state index in [9.17, 15) is 22.4 Å². The predicted molar refractivity (Wildman–Crippen MR) is 129 cm³/mol. The molecule has 3 heterocycles. The molecule has 0 unspecified atom stereocenters. The highest BCUT2D eigenvalue weighted by Gasteiger charge is 2.27. The SMILES string of the molecule is Cn1ncc(CC(=O)CC2CCC(CCN3CCc4ccc(CCC(F)(F)F)nc4CC3)CC2)c1F. The van der Waals surface area contributed by atoms with Crippen molar-refractivity contribution in [2.24, 2.45) is 18.9 Å². The molecule has 0 amide bonds. The van der Waals surface area contributed by atoms with Crippen molar-refractivity contribution in [2.45, 2.75) is 76.8 Å². The zero-order valence-electron chi connectivity index (χ0n) is 21.0. The fourth-order valence-electron chi connectivity index (χ4n) is 5.59. The van der Waals surface area contributed by atoms with Crippen molar-refractivity contribution in [2.75, 3.05) is 19.6 Å². The van der Waals surface area contributed by atoms with Crippen LogP contribution in [0.2, 0.25) is 0 Å². The maximum atomic E-state index is 13.9. The first kappa shape index (κ1) is 26.8. The first-order chi connectivity index (χ1) is 17.2. The molecule has 0 radical (unpaired) electrons. The number of rotatable bonds is 9. The third-order valence-corrected chi connectivity index (χ3v) is 7.81. The number of hydrogen-bond donors (Lipinski definition) is 0. The van der Waals surface area contributed by atoms with Gasteiger partial charge in [-0.25, -0.2) is 4.68 Å². The summed E-state index contributed by atoms with van der Waals surface area (Å²) in [5.41, 5.74) is 3.02. The lowest BCUT2D eigenvalue weighted by Crippen LogP contribution is -2.29. The molecule has 2 aromatic heterocycles. The number of Topliss-reactive ketones (excluding diaryl/α,β-unsaturated/α-hetero) is 1. The van der Waals surface area contributed by atoms with E-state index in [4.69, 9.17) is 0 Å². The third-order valence-electron chi connectivity index (χ3n) is 7.81. The van der Waals surface area contributed by atoms with Crippen LogP contribution in [0.5, 0.6) is 0 Å². The van der Waals surface area contributed by atoms with Gasteiger partial charge >= 0.3 is 6.18 Å². The highest BCUT2D eigenvalue weighted by molar-refractivity contribution is 5.81. The third kappa shape index (κ3) is 7.60. The second-order valence-corrected chi connectivity index (χ2v) is 10.5. The predicted octanol–water partition coefficient (Wildman–Crippen LogP) is 5.25. The lowest BCUT2D eigenvalue weighted by molar-refractivity contribution is -0.134. The number of ketones is 1. The van der Waals surface area contributed by atoms with E-state index >= 15 is 0 Å². The number of carbonyl (C=O) groups excluding carboxylic acids is 1. The van der Waals surface area contributed by atoms with Gasteiger partial charge in [0, 0.05) is 62.8 Å². The monoisotopic (exact) mass is 508 g/mol.